The molecular weight excluding hydrogens is 345 g/mol. The molecular formula is C15H14BrClFNO. The van der Waals surface area contributed by atoms with E-state index in [1.165, 1.54) is 12.1 Å². The van der Waals surface area contributed by atoms with Gasteiger partial charge in [0.25, 0.3) is 0 Å². The van der Waals surface area contributed by atoms with Gasteiger partial charge in [0, 0.05) is 17.1 Å². The van der Waals surface area contributed by atoms with Crippen LogP contribution in [0, 0.1) is 5.82 Å². The molecule has 0 aliphatic carbocycles. The molecule has 0 aliphatic heterocycles. The van der Waals surface area contributed by atoms with Crippen LogP contribution < -0.4 is 10.1 Å². The predicted molar refractivity (Wildman–Crippen MR) is 83.0 cm³/mol. The Bertz CT molecular complexity index is 606. The SMILES string of the molecule is CCNCc1ccc(Oc2ccc(Cl)c(F)c2)cc1Br. The van der Waals surface area contributed by atoms with Crippen molar-refractivity contribution in [1.29, 1.82) is 0 Å². The van der Waals surface area contributed by atoms with E-state index in [1.807, 2.05) is 18.2 Å². The van der Waals surface area contributed by atoms with Crippen LogP contribution in [-0.2, 0) is 6.54 Å². The Labute approximate surface area is 131 Å². The molecule has 2 rings (SSSR count). The zero-order valence-electron chi connectivity index (χ0n) is 10.9. The van der Waals surface area contributed by atoms with Gasteiger partial charge in [-0.05, 0) is 36.4 Å². The largest absolute Gasteiger partial charge is 0.457 e. The number of hydrogen-bond donors (Lipinski definition) is 1. The molecule has 106 valence electrons. The van der Waals surface area contributed by atoms with Crippen LogP contribution in [0.2, 0.25) is 5.02 Å². The van der Waals surface area contributed by atoms with Crippen molar-refractivity contribution in [3.8, 4) is 11.5 Å². The third-order valence-corrected chi connectivity index (χ3v) is 3.76. The third kappa shape index (κ3) is 3.95. The van der Waals surface area contributed by atoms with Crippen molar-refractivity contribution in [3.05, 3.63) is 57.3 Å². The smallest absolute Gasteiger partial charge is 0.145 e. The molecule has 0 aromatic heterocycles. The molecule has 2 aromatic carbocycles. The Morgan fingerprint density at radius 2 is 1.90 bits per heavy atom. The molecule has 0 bridgehead atoms. The Morgan fingerprint density at radius 1 is 1.20 bits per heavy atom. The van der Waals surface area contributed by atoms with Crippen LogP contribution in [0.4, 0.5) is 4.39 Å². The quantitative estimate of drug-likeness (QED) is 0.798. The summed E-state index contributed by atoms with van der Waals surface area (Å²) in [7, 11) is 0. The molecule has 0 spiro atoms. The summed E-state index contributed by atoms with van der Waals surface area (Å²) in [5.41, 5.74) is 1.14. The molecule has 0 heterocycles. The highest BCUT2D eigenvalue weighted by Gasteiger charge is 2.05. The second-order valence-electron chi connectivity index (χ2n) is 4.21. The van der Waals surface area contributed by atoms with E-state index in [0.717, 1.165) is 23.1 Å². The number of halogens is 3. The summed E-state index contributed by atoms with van der Waals surface area (Å²) in [6.45, 7) is 3.75. The van der Waals surface area contributed by atoms with Crippen molar-refractivity contribution >= 4 is 27.5 Å². The maximum Gasteiger partial charge on any atom is 0.145 e. The lowest BCUT2D eigenvalue weighted by molar-refractivity contribution is 0.476. The lowest BCUT2D eigenvalue weighted by atomic mass is 10.2. The summed E-state index contributed by atoms with van der Waals surface area (Å²) in [6, 6.07) is 10.0. The molecule has 0 unspecified atom stereocenters. The number of nitrogens with one attached hydrogen (secondary N) is 1. The van der Waals surface area contributed by atoms with Gasteiger partial charge >= 0.3 is 0 Å². The average Bonchev–Trinajstić information content (AvgIpc) is 2.42. The van der Waals surface area contributed by atoms with E-state index in [1.54, 1.807) is 6.07 Å². The van der Waals surface area contributed by atoms with Crippen molar-refractivity contribution in [2.75, 3.05) is 6.54 Å². The van der Waals surface area contributed by atoms with Crippen LogP contribution in [0.3, 0.4) is 0 Å². The Balaban J connectivity index is 2.13. The fourth-order valence-corrected chi connectivity index (χ4v) is 2.29. The van der Waals surface area contributed by atoms with E-state index in [4.69, 9.17) is 16.3 Å². The van der Waals surface area contributed by atoms with Gasteiger partial charge in [0.15, 0.2) is 0 Å². The summed E-state index contributed by atoms with van der Waals surface area (Å²) in [5, 5.41) is 3.34. The lowest BCUT2D eigenvalue weighted by Gasteiger charge is -2.10. The topological polar surface area (TPSA) is 21.3 Å². The number of ether oxygens (including phenoxy) is 1. The first kappa shape index (κ1) is 15.3. The molecule has 1 N–H and O–H groups in total. The molecule has 0 saturated heterocycles. The van der Waals surface area contributed by atoms with Crippen molar-refractivity contribution in [2.45, 2.75) is 13.5 Å². The minimum absolute atomic E-state index is 0.0829. The van der Waals surface area contributed by atoms with Crippen LogP contribution in [0.15, 0.2) is 40.9 Å². The van der Waals surface area contributed by atoms with Gasteiger partial charge in [-0.25, -0.2) is 4.39 Å². The van der Waals surface area contributed by atoms with Crippen molar-refractivity contribution < 1.29 is 9.13 Å². The molecule has 0 amide bonds. The zero-order chi connectivity index (χ0) is 14.5. The molecule has 5 heteroatoms. The molecule has 0 saturated carbocycles. The predicted octanol–water partition coefficient (Wildman–Crippen LogP) is 5.14. The summed E-state index contributed by atoms with van der Waals surface area (Å²) in [6.07, 6.45) is 0. The number of hydrogen-bond acceptors (Lipinski definition) is 2. The maximum absolute atomic E-state index is 13.3. The first-order valence-corrected chi connectivity index (χ1v) is 7.39. The molecule has 2 aromatic rings. The number of benzene rings is 2. The van der Waals surface area contributed by atoms with Gasteiger partial charge in [-0.2, -0.15) is 0 Å². The van der Waals surface area contributed by atoms with Crippen LogP contribution in [0.1, 0.15) is 12.5 Å². The van der Waals surface area contributed by atoms with Gasteiger partial charge in [-0.15, -0.1) is 0 Å². The van der Waals surface area contributed by atoms with Crippen LogP contribution in [0.5, 0.6) is 11.5 Å². The van der Waals surface area contributed by atoms with E-state index < -0.39 is 5.82 Å². The van der Waals surface area contributed by atoms with E-state index in [-0.39, 0.29) is 5.02 Å². The highest BCUT2D eigenvalue weighted by atomic mass is 79.9. The minimum atomic E-state index is -0.494. The van der Waals surface area contributed by atoms with E-state index in [9.17, 15) is 4.39 Å². The molecule has 20 heavy (non-hydrogen) atoms. The van der Waals surface area contributed by atoms with Crippen molar-refractivity contribution in [3.63, 3.8) is 0 Å². The maximum atomic E-state index is 13.3. The third-order valence-electron chi connectivity index (χ3n) is 2.72. The Morgan fingerprint density at radius 3 is 2.55 bits per heavy atom. The standard InChI is InChI=1S/C15H14BrClFNO/c1-2-19-9-10-3-4-11(7-13(10)16)20-12-5-6-14(17)15(18)8-12/h3-8,19H,2,9H2,1H3. The zero-order valence-corrected chi connectivity index (χ0v) is 13.3. The molecule has 0 aliphatic rings. The van der Waals surface area contributed by atoms with Gasteiger partial charge in [-0.3, -0.25) is 0 Å². The average molecular weight is 359 g/mol. The Kier molecular flexibility index (Phi) is 5.40. The second kappa shape index (κ2) is 7.07. The Hall–Kier alpha value is -1.10. The second-order valence-corrected chi connectivity index (χ2v) is 5.47. The first-order chi connectivity index (χ1) is 9.60. The van der Waals surface area contributed by atoms with E-state index in [2.05, 4.69) is 28.2 Å². The van der Waals surface area contributed by atoms with Gasteiger partial charge in [0.05, 0.1) is 5.02 Å². The summed E-state index contributed by atoms with van der Waals surface area (Å²) < 4.78 is 19.9. The van der Waals surface area contributed by atoms with Crippen LogP contribution >= 0.6 is 27.5 Å². The van der Waals surface area contributed by atoms with Crippen molar-refractivity contribution in [2.24, 2.45) is 0 Å². The minimum Gasteiger partial charge on any atom is -0.457 e. The van der Waals surface area contributed by atoms with Crippen LogP contribution in [0.25, 0.3) is 0 Å². The van der Waals surface area contributed by atoms with Gasteiger partial charge in [0.2, 0.25) is 0 Å². The van der Waals surface area contributed by atoms with Crippen molar-refractivity contribution in [1.82, 2.24) is 5.32 Å². The monoisotopic (exact) mass is 357 g/mol. The van der Waals surface area contributed by atoms with Crippen LogP contribution in [-0.4, -0.2) is 6.54 Å². The fourth-order valence-electron chi connectivity index (χ4n) is 1.67. The molecule has 0 atom stereocenters. The molecule has 2 nitrogen and oxygen atoms in total. The van der Waals surface area contributed by atoms with E-state index in [0.29, 0.717) is 11.5 Å². The highest BCUT2D eigenvalue weighted by Crippen LogP contribution is 2.29. The first-order valence-electron chi connectivity index (χ1n) is 6.22. The summed E-state index contributed by atoms with van der Waals surface area (Å²) in [4.78, 5) is 0. The summed E-state index contributed by atoms with van der Waals surface area (Å²) >= 11 is 9.13. The van der Waals surface area contributed by atoms with E-state index >= 15 is 0 Å². The number of rotatable bonds is 5. The molecule has 0 fully saturated rings. The van der Waals surface area contributed by atoms with Gasteiger partial charge < -0.3 is 10.1 Å². The molecule has 0 radical (unpaired) electrons. The van der Waals surface area contributed by atoms with Gasteiger partial charge in [-0.1, -0.05) is 40.5 Å². The summed E-state index contributed by atoms with van der Waals surface area (Å²) in [5.74, 6) is 0.559. The lowest BCUT2D eigenvalue weighted by Crippen LogP contribution is -2.11. The fraction of sp³-hybridized carbons (Fsp3) is 0.200. The highest BCUT2D eigenvalue weighted by molar-refractivity contribution is 9.10. The normalized spacial score (nSPS) is 10.6. The van der Waals surface area contributed by atoms with Gasteiger partial charge in [0.1, 0.15) is 17.3 Å².